The lowest BCUT2D eigenvalue weighted by molar-refractivity contribution is -0.0353. The highest BCUT2D eigenvalue weighted by Gasteiger charge is 2.32. The minimum atomic E-state index is -0.234. The molecule has 2 aromatic rings. The van der Waals surface area contributed by atoms with E-state index < -0.39 is 0 Å². The molecule has 0 aliphatic heterocycles. The Hall–Kier alpha value is -2.08. The lowest BCUT2D eigenvalue weighted by Gasteiger charge is -2.36. The summed E-state index contributed by atoms with van der Waals surface area (Å²) in [5, 5.41) is 5.76. The number of carbonyl (C=O) groups excluding carboxylic acids is 1. The van der Waals surface area contributed by atoms with Gasteiger partial charge in [0.1, 0.15) is 5.52 Å². The summed E-state index contributed by atoms with van der Waals surface area (Å²) in [6.07, 6.45) is 5.53. The van der Waals surface area contributed by atoms with Gasteiger partial charge in [-0.05, 0) is 25.0 Å². The Bertz CT molecular complexity index is 689. The van der Waals surface area contributed by atoms with Crippen LogP contribution in [-0.4, -0.2) is 30.3 Å². The van der Waals surface area contributed by atoms with E-state index in [9.17, 15) is 4.79 Å². The molecule has 6 heteroatoms. The number of rotatable bonds is 4. The number of carbonyl (C=O) groups is 1. The maximum Gasteiger partial charge on any atom is 0.319 e. The van der Waals surface area contributed by atoms with Gasteiger partial charge in [0.05, 0.1) is 5.60 Å². The molecule has 1 aromatic heterocycles. The fraction of sp³-hybridized carbons (Fsp3) is 0.529. The second-order valence-corrected chi connectivity index (χ2v) is 6.17. The molecule has 1 aliphatic carbocycles. The van der Waals surface area contributed by atoms with E-state index in [2.05, 4.69) is 15.6 Å². The molecule has 0 saturated heterocycles. The molecule has 124 valence electrons. The summed E-state index contributed by atoms with van der Waals surface area (Å²) in [6, 6.07) is 5.19. The summed E-state index contributed by atoms with van der Waals surface area (Å²) in [5.41, 5.74) is 1.91. The van der Waals surface area contributed by atoms with Gasteiger partial charge in [-0.2, -0.15) is 0 Å². The average molecular weight is 317 g/mol. The summed E-state index contributed by atoms with van der Waals surface area (Å²) in [6.45, 7) is 2.33. The van der Waals surface area contributed by atoms with Crippen LogP contribution in [-0.2, 0) is 4.74 Å². The molecular weight excluding hydrogens is 294 g/mol. The lowest BCUT2D eigenvalue weighted by Crippen LogP contribution is -2.46. The van der Waals surface area contributed by atoms with Gasteiger partial charge in [0.25, 0.3) is 0 Å². The molecule has 0 radical (unpaired) electrons. The zero-order valence-corrected chi connectivity index (χ0v) is 13.6. The molecule has 1 heterocycles. The van der Waals surface area contributed by atoms with Crippen molar-refractivity contribution in [2.24, 2.45) is 0 Å². The van der Waals surface area contributed by atoms with E-state index in [1.165, 1.54) is 6.42 Å². The standard InChI is InChI=1S/C17H23N3O3/c1-12-19-14-7-6-13(10-15(14)23-12)20-16(21)18-11-17(22-2)8-4-3-5-9-17/h6-7,10H,3-5,8-9,11H2,1-2H3,(H2,18,20,21). The first-order valence-electron chi connectivity index (χ1n) is 8.07. The number of aryl methyl sites for hydroxylation is 1. The smallest absolute Gasteiger partial charge is 0.319 e. The monoisotopic (exact) mass is 317 g/mol. The topological polar surface area (TPSA) is 76.4 Å². The first kappa shape index (κ1) is 15.8. The number of anilines is 1. The predicted molar refractivity (Wildman–Crippen MR) is 88.6 cm³/mol. The van der Waals surface area contributed by atoms with E-state index in [-0.39, 0.29) is 11.6 Å². The summed E-state index contributed by atoms with van der Waals surface area (Å²) in [4.78, 5) is 16.4. The van der Waals surface area contributed by atoms with E-state index in [0.717, 1.165) is 31.2 Å². The van der Waals surface area contributed by atoms with Gasteiger partial charge in [0.2, 0.25) is 0 Å². The second kappa shape index (κ2) is 6.58. The highest BCUT2D eigenvalue weighted by Crippen LogP contribution is 2.30. The highest BCUT2D eigenvalue weighted by atomic mass is 16.5. The number of methoxy groups -OCH3 is 1. The second-order valence-electron chi connectivity index (χ2n) is 6.17. The SMILES string of the molecule is COC1(CNC(=O)Nc2ccc3nc(C)oc3c2)CCCCC1. The van der Waals surface area contributed by atoms with Crippen LogP contribution >= 0.6 is 0 Å². The third kappa shape index (κ3) is 3.64. The molecule has 1 saturated carbocycles. The Morgan fingerprint density at radius 3 is 2.87 bits per heavy atom. The fourth-order valence-electron chi connectivity index (χ4n) is 3.18. The van der Waals surface area contributed by atoms with Crippen LogP contribution in [0.25, 0.3) is 11.1 Å². The molecule has 3 rings (SSSR count). The number of nitrogens with one attached hydrogen (secondary N) is 2. The van der Waals surface area contributed by atoms with Crippen LogP contribution in [0, 0.1) is 6.92 Å². The number of hydrogen-bond acceptors (Lipinski definition) is 4. The van der Waals surface area contributed by atoms with E-state index in [4.69, 9.17) is 9.15 Å². The summed E-state index contributed by atoms with van der Waals surface area (Å²) < 4.78 is 11.1. The van der Waals surface area contributed by atoms with Crippen LogP contribution in [0.5, 0.6) is 0 Å². The zero-order valence-electron chi connectivity index (χ0n) is 13.6. The summed E-state index contributed by atoms with van der Waals surface area (Å²) >= 11 is 0. The van der Waals surface area contributed by atoms with Gasteiger partial charge in [0.15, 0.2) is 11.5 Å². The minimum Gasteiger partial charge on any atom is -0.441 e. The van der Waals surface area contributed by atoms with Crippen molar-refractivity contribution in [2.75, 3.05) is 19.0 Å². The first-order valence-corrected chi connectivity index (χ1v) is 8.07. The molecule has 1 fully saturated rings. The van der Waals surface area contributed by atoms with Crippen LogP contribution < -0.4 is 10.6 Å². The van der Waals surface area contributed by atoms with Crippen molar-refractivity contribution in [2.45, 2.75) is 44.6 Å². The van der Waals surface area contributed by atoms with Crippen LogP contribution in [0.3, 0.4) is 0 Å². The predicted octanol–water partition coefficient (Wildman–Crippen LogP) is 3.61. The van der Waals surface area contributed by atoms with Crippen LogP contribution in [0.2, 0.25) is 0 Å². The van der Waals surface area contributed by atoms with E-state index in [1.54, 1.807) is 20.1 Å². The minimum absolute atomic E-state index is 0.221. The maximum absolute atomic E-state index is 12.1. The van der Waals surface area contributed by atoms with Gasteiger partial charge in [-0.15, -0.1) is 0 Å². The van der Waals surface area contributed by atoms with Gasteiger partial charge >= 0.3 is 6.03 Å². The number of urea groups is 1. The molecule has 0 bridgehead atoms. The van der Waals surface area contributed by atoms with Crippen molar-refractivity contribution >= 4 is 22.8 Å². The Morgan fingerprint density at radius 2 is 2.13 bits per heavy atom. The third-order valence-electron chi connectivity index (χ3n) is 4.52. The van der Waals surface area contributed by atoms with Crippen molar-refractivity contribution in [3.05, 3.63) is 24.1 Å². The van der Waals surface area contributed by atoms with Crippen molar-refractivity contribution in [3.8, 4) is 0 Å². The summed E-state index contributed by atoms with van der Waals surface area (Å²) in [5.74, 6) is 0.612. The van der Waals surface area contributed by atoms with Gasteiger partial charge < -0.3 is 19.8 Å². The Labute approximate surface area is 135 Å². The number of fused-ring (bicyclic) bond motifs is 1. The molecule has 0 atom stereocenters. The molecule has 1 aliphatic rings. The number of benzene rings is 1. The third-order valence-corrected chi connectivity index (χ3v) is 4.52. The zero-order chi connectivity index (χ0) is 16.3. The Kier molecular flexibility index (Phi) is 4.52. The van der Waals surface area contributed by atoms with Crippen LogP contribution in [0.1, 0.15) is 38.0 Å². The average Bonchev–Trinajstić information content (AvgIpc) is 2.93. The van der Waals surface area contributed by atoms with Gasteiger partial charge in [0, 0.05) is 32.3 Å². The van der Waals surface area contributed by atoms with E-state index in [0.29, 0.717) is 23.7 Å². The van der Waals surface area contributed by atoms with E-state index in [1.807, 2.05) is 12.1 Å². The normalized spacial score (nSPS) is 17.1. The molecule has 0 spiro atoms. The van der Waals surface area contributed by atoms with Gasteiger partial charge in [-0.25, -0.2) is 9.78 Å². The van der Waals surface area contributed by atoms with Crippen LogP contribution in [0.4, 0.5) is 10.5 Å². The summed E-state index contributed by atoms with van der Waals surface area (Å²) in [7, 11) is 1.73. The van der Waals surface area contributed by atoms with Crippen LogP contribution in [0.15, 0.2) is 22.6 Å². The maximum atomic E-state index is 12.1. The van der Waals surface area contributed by atoms with Crippen molar-refractivity contribution in [1.82, 2.24) is 10.3 Å². The molecular formula is C17H23N3O3. The quantitative estimate of drug-likeness (QED) is 0.903. The Morgan fingerprint density at radius 1 is 1.35 bits per heavy atom. The van der Waals surface area contributed by atoms with Gasteiger partial charge in [-0.1, -0.05) is 19.3 Å². The number of nitrogens with zero attached hydrogens (tertiary/aromatic N) is 1. The lowest BCUT2D eigenvalue weighted by atomic mass is 9.84. The number of ether oxygens (including phenoxy) is 1. The molecule has 0 unspecified atom stereocenters. The Balaban J connectivity index is 1.59. The fourth-order valence-corrected chi connectivity index (χ4v) is 3.18. The van der Waals surface area contributed by atoms with Gasteiger partial charge in [-0.3, -0.25) is 0 Å². The van der Waals surface area contributed by atoms with Crippen molar-refractivity contribution in [3.63, 3.8) is 0 Å². The van der Waals surface area contributed by atoms with Crippen molar-refractivity contribution < 1.29 is 13.9 Å². The number of hydrogen-bond donors (Lipinski definition) is 2. The molecule has 2 N–H and O–H groups in total. The van der Waals surface area contributed by atoms with Crippen molar-refractivity contribution in [1.29, 1.82) is 0 Å². The number of aromatic nitrogens is 1. The number of amides is 2. The molecule has 23 heavy (non-hydrogen) atoms. The largest absolute Gasteiger partial charge is 0.441 e. The highest BCUT2D eigenvalue weighted by molar-refractivity contribution is 5.91. The molecule has 6 nitrogen and oxygen atoms in total. The van der Waals surface area contributed by atoms with E-state index >= 15 is 0 Å². The first-order chi connectivity index (χ1) is 11.1. The molecule has 2 amide bonds. The molecule has 1 aromatic carbocycles. The number of oxazole rings is 1.